The van der Waals surface area contributed by atoms with Crippen molar-refractivity contribution in [1.29, 1.82) is 0 Å². The van der Waals surface area contributed by atoms with Crippen LogP contribution in [-0.2, 0) is 18.9 Å². The van der Waals surface area contributed by atoms with Gasteiger partial charge in [0.05, 0.1) is 51.3 Å². The molecule has 1 N–H and O–H groups in total. The lowest BCUT2D eigenvalue weighted by molar-refractivity contribution is -0.136. The van der Waals surface area contributed by atoms with E-state index < -0.39 is 24.3 Å². The summed E-state index contributed by atoms with van der Waals surface area (Å²) < 4.78 is 64.5. The molecule has 0 radical (unpaired) electrons. The number of phenols is 1. The molecule has 3 unspecified atom stereocenters. The van der Waals surface area contributed by atoms with Gasteiger partial charge in [0.25, 0.3) is 0 Å². The second kappa shape index (κ2) is 13.6. The van der Waals surface area contributed by atoms with Gasteiger partial charge in [-0.2, -0.15) is 13.2 Å². The van der Waals surface area contributed by atoms with Gasteiger partial charge < -0.3 is 38.6 Å². The molecule has 0 aliphatic carbocycles. The zero-order valence-corrected chi connectivity index (χ0v) is 24.5. The topological polar surface area (TPSA) is 99.8 Å². The molecule has 2 aromatic carbocycles. The number of para-hydroxylation sites is 1. The second-order valence-corrected chi connectivity index (χ2v) is 11.3. The number of phenolic OH excluding ortho intramolecular Hbond substituents is 1. The van der Waals surface area contributed by atoms with E-state index in [-0.39, 0.29) is 49.3 Å². The minimum absolute atomic E-state index is 0.0615. The number of ether oxygens (including phenoxy) is 5. The summed E-state index contributed by atoms with van der Waals surface area (Å²) in [6.07, 6.45) is -4.36. The lowest BCUT2D eigenvalue weighted by Crippen LogP contribution is -2.34. The summed E-state index contributed by atoms with van der Waals surface area (Å²) in [5, 5.41) is 10.5. The SMILES string of the molecule is Cc1ccc(N(CC2CO2)CC2CO2)c(C)c1N(CCCOC(=O)c1cccc(OCCCC(F)(F)F)c1O)CC1CO1. The fourth-order valence-electron chi connectivity index (χ4n) is 5.23. The first-order chi connectivity index (χ1) is 20.6. The van der Waals surface area contributed by atoms with Gasteiger partial charge in [-0.1, -0.05) is 12.1 Å². The number of carbonyl (C=O) groups excluding carboxylic acids is 1. The van der Waals surface area contributed by atoms with Gasteiger partial charge in [-0.15, -0.1) is 0 Å². The third-order valence-corrected chi connectivity index (χ3v) is 7.63. The number of hydrogen-bond donors (Lipinski definition) is 1. The summed E-state index contributed by atoms with van der Waals surface area (Å²) in [7, 11) is 0. The normalized spacial score (nSPS) is 20.4. The predicted octanol–water partition coefficient (Wildman–Crippen LogP) is 4.79. The molecule has 3 aliphatic heterocycles. The highest BCUT2D eigenvalue weighted by molar-refractivity contribution is 5.93. The molecule has 0 amide bonds. The van der Waals surface area contributed by atoms with Crippen LogP contribution in [0.5, 0.6) is 11.5 Å². The summed E-state index contributed by atoms with van der Waals surface area (Å²) in [6.45, 7) is 9.32. The third-order valence-electron chi connectivity index (χ3n) is 7.63. The van der Waals surface area contributed by atoms with Crippen molar-refractivity contribution in [3.63, 3.8) is 0 Å². The molecular weight excluding hydrogens is 569 g/mol. The minimum atomic E-state index is -4.28. The number of hydrogen-bond acceptors (Lipinski definition) is 9. The molecule has 3 heterocycles. The number of anilines is 2. The summed E-state index contributed by atoms with van der Waals surface area (Å²) in [6, 6.07) is 8.56. The molecule has 0 bridgehead atoms. The van der Waals surface area contributed by atoms with E-state index in [4.69, 9.17) is 23.7 Å². The van der Waals surface area contributed by atoms with Crippen molar-refractivity contribution in [2.45, 2.75) is 57.6 Å². The number of nitrogens with zero attached hydrogens (tertiary/aromatic N) is 2. The van der Waals surface area contributed by atoms with Crippen LogP contribution < -0.4 is 14.5 Å². The summed E-state index contributed by atoms with van der Waals surface area (Å²) in [5.41, 5.74) is 4.48. The van der Waals surface area contributed by atoms with Crippen LogP contribution in [0.15, 0.2) is 30.3 Å². The number of epoxide rings is 3. The Morgan fingerprint density at radius 2 is 1.56 bits per heavy atom. The van der Waals surface area contributed by atoms with E-state index in [0.717, 1.165) is 48.8 Å². The minimum Gasteiger partial charge on any atom is -0.504 e. The molecular formula is C31H39F3N2O7. The molecule has 0 saturated carbocycles. The van der Waals surface area contributed by atoms with Crippen molar-refractivity contribution in [3.8, 4) is 11.5 Å². The molecule has 3 fully saturated rings. The van der Waals surface area contributed by atoms with E-state index in [9.17, 15) is 23.1 Å². The number of carbonyl (C=O) groups is 1. The van der Waals surface area contributed by atoms with Crippen LogP contribution in [0.25, 0.3) is 0 Å². The van der Waals surface area contributed by atoms with Gasteiger partial charge in [-0.3, -0.25) is 0 Å². The maximum atomic E-state index is 12.7. The molecule has 12 heteroatoms. The molecule has 9 nitrogen and oxygen atoms in total. The molecule has 3 aliphatic rings. The number of halogens is 3. The Hall–Kier alpha value is -3.22. The largest absolute Gasteiger partial charge is 0.504 e. The Balaban J connectivity index is 1.19. The number of rotatable bonds is 17. The fraction of sp³-hybridized carbons (Fsp3) is 0.581. The lowest BCUT2D eigenvalue weighted by atomic mass is 10.0. The van der Waals surface area contributed by atoms with Crippen LogP contribution in [0.1, 0.15) is 40.7 Å². The first-order valence-corrected chi connectivity index (χ1v) is 14.7. The fourth-order valence-corrected chi connectivity index (χ4v) is 5.23. The van der Waals surface area contributed by atoms with Gasteiger partial charge in [0.2, 0.25) is 0 Å². The van der Waals surface area contributed by atoms with Crippen LogP contribution in [-0.4, -0.2) is 94.8 Å². The summed E-state index contributed by atoms with van der Waals surface area (Å²) in [4.78, 5) is 17.4. The molecule has 5 rings (SSSR count). The number of benzene rings is 2. The predicted molar refractivity (Wildman–Crippen MR) is 153 cm³/mol. The quantitative estimate of drug-likeness (QED) is 0.154. The molecule has 43 heavy (non-hydrogen) atoms. The van der Waals surface area contributed by atoms with Crippen molar-refractivity contribution in [2.24, 2.45) is 0 Å². The molecule has 0 aromatic heterocycles. The van der Waals surface area contributed by atoms with Crippen LogP contribution in [0.2, 0.25) is 0 Å². The van der Waals surface area contributed by atoms with Crippen LogP contribution in [0.4, 0.5) is 24.5 Å². The standard InChI is InChI=1S/C31H39F3N2O7/c1-20-8-9-26(36(15-23-18-42-23)16-24-19-43-24)21(2)28(20)35(14-22-17-41-22)11-5-13-40-30(38)25-6-3-7-27(29(25)37)39-12-4-10-31(32,33)34/h3,6-9,22-24,37H,4-5,10-19H2,1-2H3. The van der Waals surface area contributed by atoms with Gasteiger partial charge in [-0.05, 0) is 56.0 Å². The van der Waals surface area contributed by atoms with Crippen molar-refractivity contribution in [1.82, 2.24) is 0 Å². The first kappa shape index (κ1) is 31.2. The molecule has 2 aromatic rings. The molecule has 3 saturated heterocycles. The number of aryl methyl sites for hydroxylation is 1. The zero-order valence-electron chi connectivity index (χ0n) is 24.5. The lowest BCUT2D eigenvalue weighted by Gasteiger charge is -2.32. The maximum Gasteiger partial charge on any atom is 0.389 e. The summed E-state index contributed by atoms with van der Waals surface area (Å²) >= 11 is 0. The van der Waals surface area contributed by atoms with E-state index in [2.05, 4.69) is 35.8 Å². The van der Waals surface area contributed by atoms with Crippen LogP contribution in [0, 0.1) is 13.8 Å². The van der Waals surface area contributed by atoms with Crippen molar-refractivity contribution in [3.05, 3.63) is 47.0 Å². The Labute approximate surface area is 249 Å². The average molecular weight is 609 g/mol. The van der Waals surface area contributed by atoms with Crippen LogP contribution in [0.3, 0.4) is 0 Å². The zero-order chi connectivity index (χ0) is 30.6. The van der Waals surface area contributed by atoms with Gasteiger partial charge >= 0.3 is 12.1 Å². The maximum absolute atomic E-state index is 12.7. The Morgan fingerprint density at radius 3 is 2.16 bits per heavy atom. The number of esters is 1. The average Bonchev–Trinajstić information content (AvgIpc) is 3.79. The van der Waals surface area contributed by atoms with Crippen LogP contribution >= 0.6 is 0 Å². The van der Waals surface area contributed by atoms with Crippen molar-refractivity contribution >= 4 is 17.3 Å². The van der Waals surface area contributed by atoms with E-state index in [1.54, 1.807) is 0 Å². The Bertz CT molecular complexity index is 1250. The van der Waals surface area contributed by atoms with Crippen molar-refractivity contribution < 1.29 is 46.8 Å². The Morgan fingerprint density at radius 1 is 0.930 bits per heavy atom. The number of aromatic hydroxyl groups is 1. The Kier molecular flexibility index (Phi) is 9.88. The van der Waals surface area contributed by atoms with E-state index in [0.29, 0.717) is 26.1 Å². The highest BCUT2D eigenvalue weighted by Gasteiger charge is 2.33. The number of alkyl halides is 3. The summed E-state index contributed by atoms with van der Waals surface area (Å²) in [5.74, 6) is -1.24. The monoisotopic (exact) mass is 608 g/mol. The van der Waals surface area contributed by atoms with Gasteiger partial charge in [0.1, 0.15) is 5.56 Å². The first-order valence-electron chi connectivity index (χ1n) is 14.7. The van der Waals surface area contributed by atoms with E-state index in [1.165, 1.54) is 18.2 Å². The highest BCUT2D eigenvalue weighted by atomic mass is 19.4. The molecule has 3 atom stereocenters. The van der Waals surface area contributed by atoms with Gasteiger partial charge in [-0.25, -0.2) is 4.79 Å². The van der Waals surface area contributed by atoms with Gasteiger partial charge in [0.15, 0.2) is 11.5 Å². The van der Waals surface area contributed by atoms with Gasteiger partial charge in [0, 0.05) is 44.0 Å². The smallest absolute Gasteiger partial charge is 0.389 e. The van der Waals surface area contributed by atoms with E-state index in [1.807, 2.05) is 0 Å². The highest BCUT2D eigenvalue weighted by Crippen LogP contribution is 2.36. The van der Waals surface area contributed by atoms with Crippen molar-refractivity contribution in [2.75, 3.05) is 69.0 Å². The molecule has 236 valence electrons. The second-order valence-electron chi connectivity index (χ2n) is 11.3. The van der Waals surface area contributed by atoms with E-state index >= 15 is 0 Å². The third kappa shape index (κ3) is 9.14. The molecule has 0 spiro atoms.